The number of rotatable bonds is 4. The van der Waals surface area contributed by atoms with E-state index in [0.717, 1.165) is 16.3 Å². The van der Waals surface area contributed by atoms with Crippen LogP contribution >= 0.6 is 0 Å². The molecule has 1 heterocycles. The van der Waals surface area contributed by atoms with Crippen LogP contribution in [0.25, 0.3) is 0 Å². The number of anilines is 1. The van der Waals surface area contributed by atoms with Crippen molar-refractivity contribution in [1.82, 2.24) is 4.57 Å². The van der Waals surface area contributed by atoms with Gasteiger partial charge in [0, 0.05) is 17.3 Å². The fraction of sp³-hybridized carbons (Fsp3) is 0.200. The molecule has 0 aliphatic heterocycles. The molecule has 2 rings (SSSR count). The third kappa shape index (κ3) is 3.38. The van der Waals surface area contributed by atoms with E-state index < -0.39 is 16.4 Å². The van der Waals surface area contributed by atoms with Gasteiger partial charge in [0.2, 0.25) is 5.91 Å². The summed E-state index contributed by atoms with van der Waals surface area (Å²) in [5.41, 5.74) is 1.10. The Morgan fingerprint density at radius 1 is 1.27 bits per heavy atom. The van der Waals surface area contributed by atoms with Crippen LogP contribution in [-0.2, 0) is 11.3 Å². The summed E-state index contributed by atoms with van der Waals surface area (Å²) < 4.78 is 1.04. The molecule has 0 radical (unpaired) electrons. The van der Waals surface area contributed by atoms with E-state index in [0.29, 0.717) is 5.69 Å². The molecule has 0 saturated heterocycles. The van der Waals surface area contributed by atoms with Gasteiger partial charge >= 0.3 is 0 Å². The van der Waals surface area contributed by atoms with E-state index >= 15 is 0 Å². The molecule has 0 aliphatic rings. The van der Waals surface area contributed by atoms with Crippen LogP contribution in [0.1, 0.15) is 11.1 Å². The lowest BCUT2D eigenvalue weighted by Gasteiger charge is -2.10. The van der Waals surface area contributed by atoms with E-state index in [1.165, 1.54) is 13.0 Å². The minimum Gasteiger partial charge on any atom is -0.324 e. The van der Waals surface area contributed by atoms with E-state index in [2.05, 4.69) is 5.32 Å². The van der Waals surface area contributed by atoms with Crippen LogP contribution in [0.4, 0.5) is 11.4 Å². The van der Waals surface area contributed by atoms with Crippen molar-refractivity contribution in [3.8, 4) is 0 Å². The van der Waals surface area contributed by atoms with Gasteiger partial charge < -0.3 is 5.32 Å². The molecule has 0 aliphatic carbocycles. The van der Waals surface area contributed by atoms with E-state index in [9.17, 15) is 19.7 Å². The standard InChI is InChI=1S/C15H15N3O4/c1-10-5-3-4-6-13(10)16-14(19)9-17-8-12(18(21)22)7-11(2)15(17)20/h3-8H,9H2,1-2H3,(H,16,19). The maximum atomic E-state index is 12.0. The first kappa shape index (κ1) is 15.4. The van der Waals surface area contributed by atoms with Gasteiger partial charge in [-0.15, -0.1) is 0 Å². The van der Waals surface area contributed by atoms with Gasteiger partial charge in [0.25, 0.3) is 11.2 Å². The number of nitro groups is 1. The van der Waals surface area contributed by atoms with Crippen LogP contribution in [0, 0.1) is 24.0 Å². The van der Waals surface area contributed by atoms with Crippen LogP contribution in [-0.4, -0.2) is 15.4 Å². The average molecular weight is 301 g/mol. The first-order valence-electron chi connectivity index (χ1n) is 6.59. The number of nitrogens with zero attached hydrogens (tertiary/aromatic N) is 2. The van der Waals surface area contributed by atoms with Crippen molar-refractivity contribution in [2.75, 3.05) is 5.32 Å². The Balaban J connectivity index is 2.23. The third-order valence-electron chi connectivity index (χ3n) is 3.19. The predicted octanol–water partition coefficient (Wildman–Crippen LogP) is 2.01. The minimum absolute atomic E-state index is 0.220. The smallest absolute Gasteiger partial charge is 0.286 e. The number of hydrogen-bond donors (Lipinski definition) is 1. The van der Waals surface area contributed by atoms with Crippen molar-refractivity contribution in [2.24, 2.45) is 0 Å². The maximum Gasteiger partial charge on any atom is 0.286 e. The molecular weight excluding hydrogens is 286 g/mol. The maximum absolute atomic E-state index is 12.0. The molecule has 0 bridgehead atoms. The monoisotopic (exact) mass is 301 g/mol. The zero-order valence-electron chi connectivity index (χ0n) is 12.2. The molecule has 2 aromatic rings. The van der Waals surface area contributed by atoms with Crippen LogP contribution in [0.5, 0.6) is 0 Å². The quantitative estimate of drug-likeness (QED) is 0.690. The molecule has 1 aromatic heterocycles. The number of para-hydroxylation sites is 1. The van der Waals surface area contributed by atoms with Crippen LogP contribution in [0.2, 0.25) is 0 Å². The molecule has 7 nitrogen and oxygen atoms in total. The fourth-order valence-corrected chi connectivity index (χ4v) is 2.04. The Labute approximate surface area is 126 Å². The van der Waals surface area contributed by atoms with Gasteiger partial charge in [-0.1, -0.05) is 18.2 Å². The second-order valence-electron chi connectivity index (χ2n) is 4.93. The molecule has 1 aromatic carbocycles. The summed E-state index contributed by atoms with van der Waals surface area (Å²) in [6, 6.07) is 8.41. The van der Waals surface area contributed by atoms with Gasteiger partial charge in [0.15, 0.2) is 0 Å². The van der Waals surface area contributed by atoms with Crippen LogP contribution in [0.15, 0.2) is 41.3 Å². The molecule has 0 spiro atoms. The molecule has 1 amide bonds. The number of benzene rings is 1. The van der Waals surface area contributed by atoms with Crippen molar-refractivity contribution in [3.05, 3.63) is 68.1 Å². The summed E-state index contributed by atoms with van der Waals surface area (Å²) in [6.07, 6.45) is 1.08. The zero-order valence-corrected chi connectivity index (χ0v) is 12.2. The van der Waals surface area contributed by atoms with Crippen LogP contribution in [0.3, 0.4) is 0 Å². The molecule has 0 atom stereocenters. The Hall–Kier alpha value is -2.96. The lowest BCUT2D eigenvalue weighted by molar-refractivity contribution is -0.385. The van der Waals surface area contributed by atoms with Crippen molar-refractivity contribution >= 4 is 17.3 Å². The Bertz CT molecular complexity index is 796. The van der Waals surface area contributed by atoms with E-state index in [1.54, 1.807) is 12.1 Å². The number of aryl methyl sites for hydroxylation is 2. The average Bonchev–Trinajstić information content (AvgIpc) is 2.46. The third-order valence-corrected chi connectivity index (χ3v) is 3.19. The Kier molecular flexibility index (Phi) is 4.36. The molecule has 7 heteroatoms. The number of hydrogen-bond acceptors (Lipinski definition) is 4. The topological polar surface area (TPSA) is 94.2 Å². The predicted molar refractivity (Wildman–Crippen MR) is 81.9 cm³/mol. The van der Waals surface area contributed by atoms with E-state index in [1.807, 2.05) is 19.1 Å². The molecule has 1 N–H and O–H groups in total. The second kappa shape index (κ2) is 6.21. The number of amides is 1. The Morgan fingerprint density at radius 2 is 1.95 bits per heavy atom. The fourth-order valence-electron chi connectivity index (χ4n) is 2.04. The minimum atomic E-state index is -0.595. The van der Waals surface area contributed by atoms with Crippen molar-refractivity contribution in [1.29, 1.82) is 0 Å². The van der Waals surface area contributed by atoms with Crippen molar-refractivity contribution in [3.63, 3.8) is 0 Å². The molecule has 0 fully saturated rings. The number of nitrogens with one attached hydrogen (secondary N) is 1. The van der Waals surface area contributed by atoms with Crippen molar-refractivity contribution in [2.45, 2.75) is 20.4 Å². The zero-order chi connectivity index (χ0) is 16.3. The molecule has 0 saturated carbocycles. The summed E-state index contributed by atoms with van der Waals surface area (Å²) in [7, 11) is 0. The summed E-state index contributed by atoms with van der Waals surface area (Å²) in [5, 5.41) is 13.5. The first-order valence-corrected chi connectivity index (χ1v) is 6.59. The van der Waals surface area contributed by atoms with Gasteiger partial charge in [0.1, 0.15) is 6.54 Å². The highest BCUT2D eigenvalue weighted by atomic mass is 16.6. The molecule has 22 heavy (non-hydrogen) atoms. The van der Waals surface area contributed by atoms with E-state index in [4.69, 9.17) is 0 Å². The second-order valence-corrected chi connectivity index (χ2v) is 4.93. The molecular formula is C15H15N3O4. The van der Waals surface area contributed by atoms with Crippen molar-refractivity contribution < 1.29 is 9.72 Å². The highest BCUT2D eigenvalue weighted by Crippen LogP contribution is 2.13. The largest absolute Gasteiger partial charge is 0.324 e. The number of pyridine rings is 1. The summed E-state index contributed by atoms with van der Waals surface area (Å²) in [6.45, 7) is 3.04. The van der Waals surface area contributed by atoms with E-state index in [-0.39, 0.29) is 17.8 Å². The normalized spacial score (nSPS) is 10.3. The number of carbonyl (C=O) groups excluding carboxylic acids is 1. The molecule has 114 valence electrons. The van der Waals surface area contributed by atoms with Gasteiger partial charge in [0.05, 0.1) is 11.1 Å². The lowest BCUT2D eigenvalue weighted by Crippen LogP contribution is -2.28. The molecule has 0 unspecified atom stereocenters. The lowest BCUT2D eigenvalue weighted by atomic mass is 10.2. The highest BCUT2D eigenvalue weighted by Gasteiger charge is 2.14. The first-order chi connectivity index (χ1) is 10.4. The SMILES string of the molecule is Cc1ccccc1NC(=O)Cn1cc([N+](=O)[O-])cc(C)c1=O. The number of aromatic nitrogens is 1. The Morgan fingerprint density at radius 3 is 2.59 bits per heavy atom. The number of carbonyl (C=O) groups is 1. The van der Waals surface area contributed by atoms with Gasteiger partial charge in [-0.2, -0.15) is 0 Å². The summed E-state index contributed by atoms with van der Waals surface area (Å²) >= 11 is 0. The van der Waals surface area contributed by atoms with Gasteiger partial charge in [-0.25, -0.2) is 0 Å². The van der Waals surface area contributed by atoms with Gasteiger partial charge in [-0.05, 0) is 25.5 Å². The van der Waals surface area contributed by atoms with Crippen LogP contribution < -0.4 is 10.9 Å². The van der Waals surface area contributed by atoms with Gasteiger partial charge in [-0.3, -0.25) is 24.3 Å². The highest BCUT2D eigenvalue weighted by molar-refractivity contribution is 5.91. The summed E-state index contributed by atoms with van der Waals surface area (Å²) in [4.78, 5) is 34.2. The summed E-state index contributed by atoms with van der Waals surface area (Å²) in [5.74, 6) is -0.420.